The Morgan fingerprint density at radius 3 is 2.18 bits per heavy atom. The van der Waals surface area contributed by atoms with E-state index in [1.165, 1.54) is 4.90 Å². The summed E-state index contributed by atoms with van der Waals surface area (Å²) in [7, 11) is -3.73. The van der Waals surface area contributed by atoms with E-state index in [4.69, 9.17) is 0 Å². The molecule has 0 fully saturated rings. The van der Waals surface area contributed by atoms with E-state index in [1.54, 1.807) is 19.1 Å². The molecule has 7 nitrogen and oxygen atoms in total. The summed E-state index contributed by atoms with van der Waals surface area (Å²) in [5.74, 6) is -0.715. The van der Waals surface area contributed by atoms with Gasteiger partial charge >= 0.3 is 0 Å². The molecule has 0 radical (unpaired) electrons. The van der Waals surface area contributed by atoms with Crippen LogP contribution in [0.25, 0.3) is 0 Å². The second kappa shape index (κ2) is 11.3. The molecule has 2 amide bonds. The molecule has 1 atom stereocenters. The maximum absolute atomic E-state index is 13.5. The van der Waals surface area contributed by atoms with Crippen LogP contribution in [0.4, 0.5) is 5.69 Å². The maximum atomic E-state index is 13.5. The number of amides is 2. The van der Waals surface area contributed by atoms with Gasteiger partial charge in [0.2, 0.25) is 21.8 Å². The largest absolute Gasteiger partial charge is 0.354 e. The van der Waals surface area contributed by atoms with Crippen molar-refractivity contribution < 1.29 is 18.0 Å². The van der Waals surface area contributed by atoms with Gasteiger partial charge in [0.15, 0.2) is 0 Å². The fourth-order valence-electron chi connectivity index (χ4n) is 3.36. The molecule has 2 aromatic carbocycles. The van der Waals surface area contributed by atoms with Gasteiger partial charge in [-0.05, 0) is 62.9 Å². The number of nitrogens with one attached hydrogen (secondary N) is 1. The monoisotopic (exact) mass is 473 g/mol. The van der Waals surface area contributed by atoms with Crippen molar-refractivity contribution >= 4 is 27.5 Å². The van der Waals surface area contributed by atoms with E-state index in [2.05, 4.69) is 5.32 Å². The molecule has 0 unspecified atom stereocenters. The van der Waals surface area contributed by atoms with E-state index in [9.17, 15) is 18.0 Å². The summed E-state index contributed by atoms with van der Waals surface area (Å²) in [4.78, 5) is 27.6. The van der Waals surface area contributed by atoms with Gasteiger partial charge in [-0.15, -0.1) is 0 Å². The number of benzene rings is 2. The van der Waals surface area contributed by atoms with Gasteiger partial charge in [0.1, 0.15) is 12.6 Å². The number of carbonyl (C=O) groups excluding carboxylic acids is 2. The molecule has 33 heavy (non-hydrogen) atoms. The smallest absolute Gasteiger partial charge is 0.244 e. The molecule has 2 aromatic rings. The highest BCUT2D eigenvalue weighted by atomic mass is 32.2. The molecule has 0 aromatic heterocycles. The van der Waals surface area contributed by atoms with E-state index in [1.807, 2.05) is 58.0 Å². The first-order valence-electron chi connectivity index (χ1n) is 11.1. The molecule has 0 heterocycles. The Labute approximate surface area is 197 Å². The topological polar surface area (TPSA) is 86.8 Å². The lowest BCUT2D eigenvalue weighted by molar-refractivity contribution is -0.139. The van der Waals surface area contributed by atoms with Gasteiger partial charge in [0.05, 0.1) is 11.9 Å². The van der Waals surface area contributed by atoms with E-state index >= 15 is 0 Å². The normalized spacial score (nSPS) is 12.2. The zero-order valence-corrected chi connectivity index (χ0v) is 21.2. The number of aryl methyl sites for hydroxylation is 3. The zero-order chi connectivity index (χ0) is 24.8. The third-order valence-electron chi connectivity index (χ3n) is 5.65. The molecule has 2 rings (SSSR count). The van der Waals surface area contributed by atoms with Crippen molar-refractivity contribution in [2.75, 3.05) is 23.7 Å². The minimum atomic E-state index is -3.73. The molecule has 0 spiro atoms. The minimum Gasteiger partial charge on any atom is -0.354 e. The molecule has 8 heteroatoms. The summed E-state index contributed by atoms with van der Waals surface area (Å²) in [5, 5.41) is 2.83. The molecule has 0 aliphatic heterocycles. The van der Waals surface area contributed by atoms with Crippen LogP contribution in [0.3, 0.4) is 0 Å². The molecule has 0 aliphatic carbocycles. The van der Waals surface area contributed by atoms with E-state index in [0.717, 1.165) is 39.2 Å². The van der Waals surface area contributed by atoms with Crippen LogP contribution in [-0.2, 0) is 26.2 Å². The summed E-state index contributed by atoms with van der Waals surface area (Å²) < 4.78 is 26.3. The zero-order valence-electron chi connectivity index (χ0n) is 20.4. The Bertz CT molecular complexity index is 1080. The maximum Gasteiger partial charge on any atom is 0.244 e. The first-order chi connectivity index (χ1) is 15.4. The lowest BCUT2D eigenvalue weighted by atomic mass is 10.1. The van der Waals surface area contributed by atoms with Crippen LogP contribution >= 0.6 is 0 Å². The first kappa shape index (κ1) is 26.4. The summed E-state index contributed by atoms with van der Waals surface area (Å²) in [6.45, 7) is 9.74. The number of rotatable bonds is 10. The lowest BCUT2D eigenvalue weighted by Gasteiger charge is -2.31. The predicted octanol–water partition coefficient (Wildman–Crippen LogP) is 3.32. The standard InChI is InChI=1S/C25H35N3O4S/c1-7-14-26-25(30)21(5)27(16-22-11-8-18(2)9-12-22)24(29)17-28(33(6,31)32)23-13-10-19(3)20(4)15-23/h8-13,15,21H,7,14,16-17H2,1-6H3,(H,26,30)/t21-/m0/s1. The van der Waals surface area contributed by atoms with Crippen LogP contribution in [-0.4, -0.2) is 50.5 Å². The molecule has 0 aliphatic rings. The fourth-order valence-corrected chi connectivity index (χ4v) is 4.20. The van der Waals surface area contributed by atoms with Crippen LogP contribution in [0.15, 0.2) is 42.5 Å². The van der Waals surface area contributed by atoms with E-state index < -0.39 is 28.5 Å². The van der Waals surface area contributed by atoms with Gasteiger partial charge in [-0.1, -0.05) is 42.8 Å². The average Bonchev–Trinajstić information content (AvgIpc) is 2.76. The highest BCUT2D eigenvalue weighted by Crippen LogP contribution is 2.22. The Morgan fingerprint density at radius 2 is 1.64 bits per heavy atom. The second-order valence-corrected chi connectivity index (χ2v) is 10.4. The number of hydrogen-bond donors (Lipinski definition) is 1. The molecule has 0 saturated carbocycles. The Kier molecular flexibility index (Phi) is 9.05. The van der Waals surface area contributed by atoms with Gasteiger partial charge in [-0.3, -0.25) is 13.9 Å². The molecule has 1 N–H and O–H groups in total. The average molecular weight is 474 g/mol. The highest BCUT2D eigenvalue weighted by molar-refractivity contribution is 7.92. The van der Waals surface area contributed by atoms with Crippen LogP contribution < -0.4 is 9.62 Å². The van der Waals surface area contributed by atoms with Gasteiger partial charge in [-0.25, -0.2) is 8.42 Å². The summed E-state index contributed by atoms with van der Waals surface area (Å²) in [5.41, 5.74) is 4.33. The van der Waals surface area contributed by atoms with Gasteiger partial charge in [-0.2, -0.15) is 0 Å². The van der Waals surface area contributed by atoms with Crippen molar-refractivity contribution in [1.82, 2.24) is 10.2 Å². The van der Waals surface area contributed by atoms with Crippen LogP contribution in [0.5, 0.6) is 0 Å². The van der Waals surface area contributed by atoms with Crippen molar-refractivity contribution in [3.63, 3.8) is 0 Å². The third kappa shape index (κ3) is 7.32. The van der Waals surface area contributed by atoms with E-state index in [0.29, 0.717) is 12.2 Å². The SMILES string of the molecule is CCCNC(=O)[C@H](C)N(Cc1ccc(C)cc1)C(=O)CN(c1ccc(C)c(C)c1)S(C)(=O)=O. The fraction of sp³-hybridized carbons (Fsp3) is 0.440. The van der Waals surface area contributed by atoms with Gasteiger partial charge in [0.25, 0.3) is 0 Å². The van der Waals surface area contributed by atoms with E-state index in [-0.39, 0.29) is 12.5 Å². The van der Waals surface area contributed by atoms with Gasteiger partial charge < -0.3 is 10.2 Å². The van der Waals surface area contributed by atoms with Gasteiger partial charge in [0, 0.05) is 13.1 Å². The van der Waals surface area contributed by atoms with Crippen LogP contribution in [0.1, 0.15) is 42.5 Å². The lowest BCUT2D eigenvalue weighted by Crippen LogP contribution is -2.51. The summed E-state index contributed by atoms with van der Waals surface area (Å²) >= 11 is 0. The first-order valence-corrected chi connectivity index (χ1v) is 13.0. The van der Waals surface area contributed by atoms with Crippen molar-refractivity contribution in [3.05, 3.63) is 64.7 Å². The van der Waals surface area contributed by atoms with Crippen molar-refractivity contribution in [3.8, 4) is 0 Å². The van der Waals surface area contributed by atoms with Crippen LogP contribution in [0, 0.1) is 20.8 Å². The summed E-state index contributed by atoms with van der Waals surface area (Å²) in [6.07, 6.45) is 1.86. The minimum absolute atomic E-state index is 0.199. The Balaban J connectivity index is 2.38. The molecule has 180 valence electrons. The number of anilines is 1. The van der Waals surface area contributed by atoms with Crippen molar-refractivity contribution in [2.24, 2.45) is 0 Å². The number of carbonyl (C=O) groups is 2. The quantitative estimate of drug-likeness (QED) is 0.574. The van der Waals surface area contributed by atoms with Crippen LogP contribution in [0.2, 0.25) is 0 Å². The van der Waals surface area contributed by atoms with Crippen molar-refractivity contribution in [1.29, 1.82) is 0 Å². The Morgan fingerprint density at radius 1 is 1.00 bits per heavy atom. The molecule has 0 bridgehead atoms. The second-order valence-electron chi connectivity index (χ2n) is 8.51. The predicted molar refractivity (Wildman–Crippen MR) is 133 cm³/mol. The Hall–Kier alpha value is -2.87. The molecule has 0 saturated heterocycles. The number of sulfonamides is 1. The molecular formula is C25H35N3O4S. The number of nitrogens with zero attached hydrogens (tertiary/aromatic N) is 2. The van der Waals surface area contributed by atoms with Crippen molar-refractivity contribution in [2.45, 2.75) is 53.6 Å². The third-order valence-corrected chi connectivity index (χ3v) is 6.79. The molecular weight excluding hydrogens is 438 g/mol. The summed E-state index contributed by atoms with van der Waals surface area (Å²) in [6, 6.07) is 12.2. The highest BCUT2D eigenvalue weighted by Gasteiger charge is 2.30. The number of hydrogen-bond acceptors (Lipinski definition) is 4.